The van der Waals surface area contributed by atoms with Crippen molar-refractivity contribution in [2.45, 2.75) is 6.04 Å². The molecule has 0 saturated carbocycles. The Bertz CT molecular complexity index is 353. The summed E-state index contributed by atoms with van der Waals surface area (Å²) in [5.74, 6) is -0.366. The summed E-state index contributed by atoms with van der Waals surface area (Å²) in [6.07, 6.45) is 0. The maximum absolute atomic E-state index is 10.8. The van der Waals surface area contributed by atoms with Crippen molar-refractivity contribution in [1.29, 1.82) is 0 Å². The van der Waals surface area contributed by atoms with Crippen molar-refractivity contribution < 1.29 is 4.79 Å². The minimum absolute atomic E-state index is 0.0234. The molecule has 1 aromatic rings. The van der Waals surface area contributed by atoms with Gasteiger partial charge in [-0.1, -0.05) is 23.7 Å². The first-order valence-electron chi connectivity index (χ1n) is 4.98. The fourth-order valence-electron chi connectivity index (χ4n) is 1.61. The second-order valence-corrected chi connectivity index (χ2v) is 4.12. The number of nitrogens with zero attached hydrogens (tertiary/aromatic N) is 1. The highest BCUT2D eigenvalue weighted by atomic mass is 35.5. The van der Waals surface area contributed by atoms with Crippen LogP contribution < -0.4 is 11.5 Å². The quantitative estimate of drug-likeness (QED) is 0.799. The minimum atomic E-state index is -0.366. The van der Waals surface area contributed by atoms with Gasteiger partial charge in [-0.15, -0.1) is 0 Å². The minimum Gasteiger partial charge on any atom is -0.369 e. The first kappa shape index (κ1) is 13.0. The number of hydrogen-bond acceptors (Lipinski definition) is 3. The van der Waals surface area contributed by atoms with E-state index in [-0.39, 0.29) is 18.5 Å². The molecule has 0 saturated heterocycles. The van der Waals surface area contributed by atoms with Crippen LogP contribution in [0.3, 0.4) is 0 Å². The van der Waals surface area contributed by atoms with Crippen LogP contribution in [0.2, 0.25) is 5.02 Å². The number of nitrogens with two attached hydrogens (primary N) is 2. The van der Waals surface area contributed by atoms with E-state index in [1.165, 1.54) is 0 Å². The fraction of sp³-hybridized carbons (Fsp3) is 0.364. The fourth-order valence-corrected chi connectivity index (χ4v) is 1.74. The van der Waals surface area contributed by atoms with E-state index < -0.39 is 0 Å². The van der Waals surface area contributed by atoms with Gasteiger partial charge in [0, 0.05) is 17.6 Å². The molecule has 1 unspecified atom stereocenters. The Kier molecular flexibility index (Phi) is 4.73. The maximum Gasteiger partial charge on any atom is 0.231 e. The summed E-state index contributed by atoms with van der Waals surface area (Å²) in [5, 5.41) is 0.678. The maximum atomic E-state index is 10.8. The van der Waals surface area contributed by atoms with Gasteiger partial charge >= 0.3 is 0 Å². The molecule has 1 rings (SSSR count). The topological polar surface area (TPSA) is 72.3 Å². The van der Waals surface area contributed by atoms with Crippen LogP contribution in [0, 0.1) is 0 Å². The van der Waals surface area contributed by atoms with Crippen molar-refractivity contribution in [1.82, 2.24) is 4.90 Å². The zero-order valence-electron chi connectivity index (χ0n) is 9.19. The summed E-state index contributed by atoms with van der Waals surface area (Å²) in [6, 6.07) is 7.38. The van der Waals surface area contributed by atoms with Crippen LogP contribution in [-0.2, 0) is 4.79 Å². The Morgan fingerprint density at radius 2 is 2.00 bits per heavy atom. The highest BCUT2D eigenvalue weighted by molar-refractivity contribution is 6.30. The van der Waals surface area contributed by atoms with Crippen LogP contribution in [0.1, 0.15) is 11.6 Å². The molecule has 0 aliphatic rings. The number of rotatable bonds is 5. The molecule has 0 aromatic heterocycles. The molecular formula is C11H16ClN3O. The average molecular weight is 242 g/mol. The van der Waals surface area contributed by atoms with Crippen molar-refractivity contribution in [2.75, 3.05) is 20.1 Å². The SMILES string of the molecule is CN(CC(N)=O)C(CN)c1ccc(Cl)cc1. The van der Waals surface area contributed by atoms with E-state index in [0.717, 1.165) is 5.56 Å². The summed E-state index contributed by atoms with van der Waals surface area (Å²) in [5.41, 5.74) is 11.9. The molecule has 0 bridgehead atoms. The van der Waals surface area contributed by atoms with Crippen LogP contribution in [0.4, 0.5) is 0 Å². The van der Waals surface area contributed by atoms with E-state index in [9.17, 15) is 4.79 Å². The second-order valence-electron chi connectivity index (χ2n) is 3.68. The third kappa shape index (κ3) is 3.48. The number of carbonyl (C=O) groups is 1. The van der Waals surface area contributed by atoms with Gasteiger partial charge in [0.15, 0.2) is 0 Å². The lowest BCUT2D eigenvalue weighted by molar-refractivity contribution is -0.119. The summed E-state index contributed by atoms with van der Waals surface area (Å²) in [7, 11) is 1.82. The highest BCUT2D eigenvalue weighted by Crippen LogP contribution is 2.19. The molecule has 0 heterocycles. The van der Waals surface area contributed by atoms with E-state index >= 15 is 0 Å². The standard InChI is InChI=1S/C11H16ClN3O/c1-15(7-11(14)16)10(6-13)8-2-4-9(12)5-3-8/h2-5,10H,6-7,13H2,1H3,(H2,14,16). The van der Waals surface area contributed by atoms with E-state index in [2.05, 4.69) is 0 Å². The van der Waals surface area contributed by atoms with Crippen LogP contribution in [0.25, 0.3) is 0 Å². The van der Waals surface area contributed by atoms with Gasteiger partial charge in [-0.05, 0) is 24.7 Å². The van der Waals surface area contributed by atoms with Crippen molar-refractivity contribution in [3.05, 3.63) is 34.9 Å². The Morgan fingerprint density at radius 1 is 1.44 bits per heavy atom. The molecule has 4 nitrogen and oxygen atoms in total. The molecule has 0 radical (unpaired) electrons. The molecule has 0 fully saturated rings. The number of primary amides is 1. The Morgan fingerprint density at radius 3 is 2.44 bits per heavy atom. The largest absolute Gasteiger partial charge is 0.369 e. The van der Waals surface area contributed by atoms with Gasteiger partial charge in [-0.25, -0.2) is 0 Å². The normalized spacial score (nSPS) is 12.8. The zero-order chi connectivity index (χ0) is 12.1. The summed E-state index contributed by atoms with van der Waals surface area (Å²) < 4.78 is 0. The van der Waals surface area contributed by atoms with E-state index in [1.54, 1.807) is 12.1 Å². The number of carbonyl (C=O) groups excluding carboxylic acids is 1. The molecule has 88 valence electrons. The molecule has 16 heavy (non-hydrogen) atoms. The molecule has 1 atom stereocenters. The number of hydrogen-bond donors (Lipinski definition) is 2. The lowest BCUT2D eigenvalue weighted by Crippen LogP contribution is -2.37. The number of likely N-dealkylation sites (N-methyl/N-ethyl adjacent to an activating group) is 1. The van der Waals surface area contributed by atoms with Gasteiger partial charge in [0.1, 0.15) is 0 Å². The third-order valence-electron chi connectivity index (χ3n) is 2.42. The van der Waals surface area contributed by atoms with Gasteiger partial charge in [-0.3, -0.25) is 9.69 Å². The average Bonchev–Trinajstić information content (AvgIpc) is 2.21. The van der Waals surface area contributed by atoms with E-state index in [0.29, 0.717) is 11.6 Å². The van der Waals surface area contributed by atoms with E-state index in [1.807, 2.05) is 24.1 Å². The van der Waals surface area contributed by atoms with Crippen LogP contribution in [-0.4, -0.2) is 30.9 Å². The van der Waals surface area contributed by atoms with Gasteiger partial charge < -0.3 is 11.5 Å². The molecule has 1 amide bonds. The Labute approximate surface area is 100 Å². The molecular weight excluding hydrogens is 226 g/mol. The number of benzene rings is 1. The van der Waals surface area contributed by atoms with Crippen molar-refractivity contribution in [2.24, 2.45) is 11.5 Å². The summed E-state index contributed by atoms with van der Waals surface area (Å²) >= 11 is 5.80. The predicted octanol–water partition coefficient (Wildman–Crippen LogP) is 0.757. The molecule has 0 aliphatic heterocycles. The number of halogens is 1. The monoisotopic (exact) mass is 241 g/mol. The van der Waals surface area contributed by atoms with Gasteiger partial charge in [-0.2, -0.15) is 0 Å². The second kappa shape index (κ2) is 5.84. The van der Waals surface area contributed by atoms with Gasteiger partial charge in [0.25, 0.3) is 0 Å². The van der Waals surface area contributed by atoms with Crippen molar-refractivity contribution in [3.63, 3.8) is 0 Å². The Balaban J connectivity index is 2.81. The predicted molar refractivity (Wildman–Crippen MR) is 65.1 cm³/mol. The van der Waals surface area contributed by atoms with Crippen molar-refractivity contribution in [3.8, 4) is 0 Å². The first-order chi connectivity index (χ1) is 7.54. The molecule has 5 heteroatoms. The molecule has 1 aromatic carbocycles. The first-order valence-corrected chi connectivity index (χ1v) is 5.36. The lowest BCUT2D eigenvalue weighted by atomic mass is 10.1. The van der Waals surface area contributed by atoms with Crippen molar-refractivity contribution >= 4 is 17.5 Å². The number of amides is 1. The van der Waals surface area contributed by atoms with Crippen LogP contribution in [0.5, 0.6) is 0 Å². The van der Waals surface area contributed by atoms with E-state index in [4.69, 9.17) is 23.1 Å². The van der Waals surface area contributed by atoms with Crippen LogP contribution >= 0.6 is 11.6 Å². The molecule has 0 aliphatic carbocycles. The lowest BCUT2D eigenvalue weighted by Gasteiger charge is -2.26. The zero-order valence-corrected chi connectivity index (χ0v) is 9.95. The van der Waals surface area contributed by atoms with Crippen LogP contribution in [0.15, 0.2) is 24.3 Å². The smallest absolute Gasteiger partial charge is 0.231 e. The highest BCUT2D eigenvalue weighted by Gasteiger charge is 2.16. The van der Waals surface area contributed by atoms with Gasteiger partial charge in [0.2, 0.25) is 5.91 Å². The third-order valence-corrected chi connectivity index (χ3v) is 2.67. The molecule has 4 N–H and O–H groups in total. The van der Waals surface area contributed by atoms with Gasteiger partial charge in [0.05, 0.1) is 6.54 Å². The Hall–Kier alpha value is -1.10. The summed E-state index contributed by atoms with van der Waals surface area (Å²) in [6.45, 7) is 0.607. The molecule has 0 spiro atoms. The summed E-state index contributed by atoms with van der Waals surface area (Å²) in [4.78, 5) is 12.7.